The summed E-state index contributed by atoms with van der Waals surface area (Å²) in [5.41, 5.74) is 0. The molecule has 94 valence electrons. The molecule has 17 heavy (non-hydrogen) atoms. The van der Waals surface area contributed by atoms with Crippen molar-refractivity contribution in [3.63, 3.8) is 0 Å². The highest BCUT2D eigenvalue weighted by atomic mass is 35.5. The third kappa shape index (κ3) is 3.33. The zero-order chi connectivity index (χ0) is 12.3. The Kier molecular flexibility index (Phi) is 3.89. The number of aromatic nitrogens is 1. The number of hydrogen-bond donors (Lipinski definition) is 1. The summed E-state index contributed by atoms with van der Waals surface area (Å²) in [6.45, 7) is 0. The van der Waals surface area contributed by atoms with Crippen LogP contribution in [0.1, 0.15) is 32.1 Å². The molecule has 2 rings (SSSR count). The SMILES string of the molecule is O=S(=O)(Nc1cccc(Cl)n1)C1CCCCC1. The van der Waals surface area contributed by atoms with Gasteiger partial charge in [0.05, 0.1) is 5.25 Å². The number of hydrogen-bond acceptors (Lipinski definition) is 3. The summed E-state index contributed by atoms with van der Waals surface area (Å²) in [5, 5.41) is -0.00845. The fourth-order valence-corrected chi connectivity index (χ4v) is 3.76. The van der Waals surface area contributed by atoms with Crippen molar-refractivity contribution in [1.82, 2.24) is 4.98 Å². The van der Waals surface area contributed by atoms with Crippen molar-refractivity contribution in [2.75, 3.05) is 4.72 Å². The first-order valence-electron chi connectivity index (χ1n) is 5.72. The highest BCUT2D eigenvalue weighted by molar-refractivity contribution is 7.93. The summed E-state index contributed by atoms with van der Waals surface area (Å²) >= 11 is 5.71. The first-order chi connectivity index (χ1) is 8.08. The van der Waals surface area contributed by atoms with Gasteiger partial charge in [-0.3, -0.25) is 4.72 Å². The molecular formula is C11H15ClN2O2S. The van der Waals surface area contributed by atoms with Crippen molar-refractivity contribution in [2.24, 2.45) is 0 Å². The smallest absolute Gasteiger partial charge is 0.236 e. The van der Waals surface area contributed by atoms with Crippen LogP contribution in [-0.4, -0.2) is 18.7 Å². The van der Waals surface area contributed by atoms with Crippen LogP contribution in [0, 0.1) is 0 Å². The molecule has 0 atom stereocenters. The van der Waals surface area contributed by atoms with E-state index in [2.05, 4.69) is 9.71 Å². The van der Waals surface area contributed by atoms with Gasteiger partial charge in [0, 0.05) is 0 Å². The van der Waals surface area contributed by atoms with E-state index < -0.39 is 10.0 Å². The van der Waals surface area contributed by atoms with E-state index in [1.807, 2.05) is 0 Å². The Labute approximate surface area is 106 Å². The average molecular weight is 275 g/mol. The third-order valence-electron chi connectivity index (χ3n) is 2.95. The molecule has 0 radical (unpaired) electrons. The van der Waals surface area contributed by atoms with E-state index in [1.165, 1.54) is 0 Å². The second-order valence-corrected chi connectivity index (χ2v) is 6.60. The number of nitrogens with one attached hydrogen (secondary N) is 1. The van der Waals surface area contributed by atoms with E-state index in [-0.39, 0.29) is 10.4 Å². The first kappa shape index (κ1) is 12.6. The molecule has 1 aliphatic rings. The number of nitrogens with zero attached hydrogens (tertiary/aromatic N) is 1. The second kappa shape index (κ2) is 5.23. The predicted molar refractivity (Wildman–Crippen MR) is 68.7 cm³/mol. The van der Waals surface area contributed by atoms with Gasteiger partial charge in [-0.2, -0.15) is 0 Å². The van der Waals surface area contributed by atoms with Crippen molar-refractivity contribution in [3.8, 4) is 0 Å². The Morgan fingerprint density at radius 1 is 1.24 bits per heavy atom. The highest BCUT2D eigenvalue weighted by Gasteiger charge is 2.27. The minimum absolute atomic E-state index is 0.286. The fourth-order valence-electron chi connectivity index (χ4n) is 2.07. The molecule has 0 aliphatic heterocycles. The maximum Gasteiger partial charge on any atom is 0.236 e. The van der Waals surface area contributed by atoms with Crippen LogP contribution < -0.4 is 4.72 Å². The van der Waals surface area contributed by atoms with Gasteiger partial charge in [-0.15, -0.1) is 0 Å². The summed E-state index contributed by atoms with van der Waals surface area (Å²) in [4.78, 5) is 3.93. The van der Waals surface area contributed by atoms with E-state index in [0.29, 0.717) is 5.82 Å². The molecule has 0 aromatic carbocycles. The first-order valence-corrected chi connectivity index (χ1v) is 7.64. The molecule has 1 saturated carbocycles. The Morgan fingerprint density at radius 2 is 1.94 bits per heavy atom. The van der Waals surface area contributed by atoms with Crippen molar-refractivity contribution in [2.45, 2.75) is 37.4 Å². The van der Waals surface area contributed by atoms with Gasteiger partial charge >= 0.3 is 0 Å². The van der Waals surface area contributed by atoms with Crippen LogP contribution in [0.2, 0.25) is 5.15 Å². The lowest BCUT2D eigenvalue weighted by Crippen LogP contribution is -2.30. The van der Waals surface area contributed by atoms with Gasteiger partial charge in [0.1, 0.15) is 11.0 Å². The van der Waals surface area contributed by atoms with Crippen molar-refractivity contribution < 1.29 is 8.42 Å². The van der Waals surface area contributed by atoms with E-state index in [4.69, 9.17) is 11.6 Å². The predicted octanol–water partition coefficient (Wildman–Crippen LogP) is 2.81. The molecule has 1 aromatic rings. The average Bonchev–Trinajstić information content (AvgIpc) is 2.29. The summed E-state index contributed by atoms with van der Waals surface area (Å²) < 4.78 is 26.6. The summed E-state index contributed by atoms with van der Waals surface area (Å²) in [7, 11) is -3.32. The normalized spacial score (nSPS) is 17.9. The molecule has 0 saturated heterocycles. The Balaban J connectivity index is 2.11. The molecule has 1 N–H and O–H groups in total. The van der Waals surface area contributed by atoms with Gasteiger partial charge in [0.2, 0.25) is 10.0 Å². The summed E-state index contributed by atoms with van der Waals surface area (Å²) in [6.07, 6.45) is 4.55. The molecule has 0 bridgehead atoms. The Morgan fingerprint density at radius 3 is 2.59 bits per heavy atom. The molecule has 1 heterocycles. The van der Waals surface area contributed by atoms with Crippen molar-refractivity contribution in [1.29, 1.82) is 0 Å². The molecular weight excluding hydrogens is 260 g/mol. The summed E-state index contributed by atoms with van der Waals surface area (Å²) in [6, 6.07) is 4.89. The van der Waals surface area contributed by atoms with E-state index in [1.54, 1.807) is 18.2 Å². The minimum Gasteiger partial charge on any atom is -0.267 e. The lowest BCUT2D eigenvalue weighted by atomic mass is 10.0. The van der Waals surface area contributed by atoms with Gasteiger partial charge in [-0.1, -0.05) is 36.9 Å². The number of anilines is 1. The van der Waals surface area contributed by atoms with Crippen LogP contribution in [0.4, 0.5) is 5.82 Å². The van der Waals surface area contributed by atoms with Gasteiger partial charge in [-0.05, 0) is 25.0 Å². The van der Waals surface area contributed by atoms with Gasteiger partial charge in [0.15, 0.2) is 0 Å². The van der Waals surface area contributed by atoms with Gasteiger partial charge in [-0.25, -0.2) is 13.4 Å². The van der Waals surface area contributed by atoms with Crippen molar-refractivity contribution in [3.05, 3.63) is 23.4 Å². The summed E-state index contributed by atoms with van der Waals surface area (Å²) in [5.74, 6) is 0.295. The Bertz CT molecular complexity index is 484. The number of pyridine rings is 1. The molecule has 1 fully saturated rings. The molecule has 4 nitrogen and oxygen atoms in total. The quantitative estimate of drug-likeness (QED) is 0.862. The number of rotatable bonds is 3. The third-order valence-corrected chi connectivity index (χ3v) is 5.01. The second-order valence-electron chi connectivity index (χ2n) is 4.25. The van der Waals surface area contributed by atoms with Crippen LogP contribution >= 0.6 is 11.6 Å². The molecule has 0 amide bonds. The molecule has 0 unspecified atom stereocenters. The van der Waals surface area contributed by atoms with Gasteiger partial charge in [0.25, 0.3) is 0 Å². The topological polar surface area (TPSA) is 59.1 Å². The number of halogens is 1. The molecule has 0 spiro atoms. The lowest BCUT2D eigenvalue weighted by Gasteiger charge is -2.22. The standard InChI is InChI=1S/C11H15ClN2O2S/c12-10-7-4-8-11(13-10)14-17(15,16)9-5-2-1-3-6-9/h4,7-9H,1-3,5-6H2,(H,13,14). The van der Waals surface area contributed by atoms with E-state index in [0.717, 1.165) is 32.1 Å². The van der Waals surface area contributed by atoms with E-state index >= 15 is 0 Å². The molecule has 1 aliphatic carbocycles. The monoisotopic (exact) mass is 274 g/mol. The fraction of sp³-hybridized carbons (Fsp3) is 0.545. The number of sulfonamides is 1. The maximum absolute atomic E-state index is 12.1. The van der Waals surface area contributed by atoms with Crippen LogP contribution in [0.15, 0.2) is 18.2 Å². The van der Waals surface area contributed by atoms with Crippen LogP contribution in [0.5, 0.6) is 0 Å². The zero-order valence-corrected chi connectivity index (χ0v) is 11.0. The van der Waals surface area contributed by atoms with Crippen molar-refractivity contribution >= 4 is 27.4 Å². The van der Waals surface area contributed by atoms with Crippen LogP contribution in [0.25, 0.3) is 0 Å². The van der Waals surface area contributed by atoms with Gasteiger partial charge < -0.3 is 0 Å². The lowest BCUT2D eigenvalue weighted by molar-refractivity contribution is 0.486. The van der Waals surface area contributed by atoms with E-state index in [9.17, 15) is 8.42 Å². The minimum atomic E-state index is -3.32. The largest absolute Gasteiger partial charge is 0.267 e. The molecule has 6 heteroatoms. The zero-order valence-electron chi connectivity index (χ0n) is 9.39. The van der Waals surface area contributed by atoms with Crippen LogP contribution in [0.3, 0.4) is 0 Å². The maximum atomic E-state index is 12.1. The molecule has 1 aromatic heterocycles. The Hall–Kier alpha value is -0.810. The van der Waals surface area contributed by atoms with Crippen LogP contribution in [-0.2, 0) is 10.0 Å². The highest BCUT2D eigenvalue weighted by Crippen LogP contribution is 2.25.